The molecule has 3 aromatic carbocycles. The number of hydrogen-bond acceptors (Lipinski definition) is 4. The van der Waals surface area contributed by atoms with Crippen molar-refractivity contribution in [2.75, 3.05) is 4.31 Å². The first-order valence-electron chi connectivity index (χ1n) is 11.5. The molecule has 0 aliphatic heterocycles. The second kappa shape index (κ2) is 9.74. The predicted octanol–water partition coefficient (Wildman–Crippen LogP) is 6.22. The molecule has 7 heteroatoms. The number of para-hydroxylation sites is 1. The number of hydrogen-bond donors (Lipinski definition) is 1. The van der Waals surface area contributed by atoms with Crippen LogP contribution in [0.15, 0.2) is 78.9 Å². The molecule has 0 atom stereocenters. The molecule has 0 aliphatic carbocycles. The van der Waals surface area contributed by atoms with Crippen LogP contribution in [0.1, 0.15) is 69.8 Å². The van der Waals surface area contributed by atoms with Crippen molar-refractivity contribution >= 4 is 22.1 Å². The highest BCUT2D eigenvalue weighted by Gasteiger charge is 2.41. The van der Waals surface area contributed by atoms with Gasteiger partial charge in [0.15, 0.2) is 0 Å². The van der Waals surface area contributed by atoms with Gasteiger partial charge in [0.1, 0.15) is 0 Å². The number of benzene rings is 3. The van der Waals surface area contributed by atoms with E-state index >= 15 is 0 Å². The maximum atomic E-state index is 13.9. The highest BCUT2D eigenvalue weighted by Crippen LogP contribution is 2.46. The van der Waals surface area contributed by atoms with Crippen molar-refractivity contribution in [2.24, 2.45) is 5.73 Å². The number of carbonyl (C=O) groups excluding carboxylic acids is 1. The maximum Gasteiger partial charge on any atom is 0.421 e. The highest BCUT2D eigenvalue weighted by molar-refractivity contribution is 7.88. The van der Waals surface area contributed by atoms with E-state index in [0.717, 1.165) is 22.3 Å². The number of nitrogens with zero attached hydrogens (tertiary/aromatic N) is 1. The Morgan fingerprint density at radius 2 is 1.14 bits per heavy atom. The normalized spacial score (nSPS) is 12.4. The van der Waals surface area contributed by atoms with E-state index in [1.165, 1.54) is 4.31 Å². The van der Waals surface area contributed by atoms with Crippen LogP contribution in [0, 0.1) is 0 Å². The van der Waals surface area contributed by atoms with Gasteiger partial charge >= 0.3 is 16.4 Å². The minimum atomic E-state index is -4.68. The number of anilines is 1. The lowest BCUT2D eigenvalue weighted by Gasteiger charge is -2.39. The quantitative estimate of drug-likeness (QED) is 0.441. The molecule has 0 unspecified atom stereocenters. The second-order valence-electron chi connectivity index (χ2n) is 10.6. The molecular weight excluding hydrogens is 460 g/mol. The zero-order valence-electron chi connectivity index (χ0n) is 21.1. The van der Waals surface area contributed by atoms with Crippen molar-refractivity contribution in [1.29, 1.82) is 0 Å². The van der Waals surface area contributed by atoms with Crippen molar-refractivity contribution in [3.05, 3.63) is 101 Å². The zero-order chi connectivity index (χ0) is 26.0. The van der Waals surface area contributed by atoms with Gasteiger partial charge in [-0.2, -0.15) is 8.42 Å². The van der Waals surface area contributed by atoms with Gasteiger partial charge in [0.2, 0.25) is 0 Å². The van der Waals surface area contributed by atoms with Crippen LogP contribution < -0.4 is 10.0 Å². The van der Waals surface area contributed by atoms with Crippen LogP contribution in [0.3, 0.4) is 0 Å². The Balaban J connectivity index is 2.52. The molecule has 3 aromatic rings. The molecule has 0 aromatic heterocycles. The Morgan fingerprint density at radius 3 is 1.49 bits per heavy atom. The molecule has 6 nitrogen and oxygen atoms in total. The molecule has 3 rings (SSSR count). The van der Waals surface area contributed by atoms with Crippen LogP contribution in [0.5, 0.6) is 0 Å². The molecule has 0 bridgehead atoms. The lowest BCUT2D eigenvalue weighted by atomic mass is 9.78. The SMILES string of the molecule is CC(C)(C)c1cccc(C(C)(C)C)c1N(C(c1ccccc1)c1ccccc1)S(=O)(=O)OC(N)=O. The van der Waals surface area contributed by atoms with Crippen molar-refractivity contribution in [1.82, 2.24) is 0 Å². The van der Waals surface area contributed by atoms with Crippen LogP contribution in [-0.2, 0) is 25.3 Å². The molecule has 0 spiro atoms. The second-order valence-corrected chi connectivity index (χ2v) is 12.0. The van der Waals surface area contributed by atoms with Crippen LogP contribution in [-0.4, -0.2) is 14.5 Å². The fourth-order valence-electron chi connectivity index (χ4n) is 4.24. The molecule has 0 fully saturated rings. The average molecular weight is 495 g/mol. The third kappa shape index (κ3) is 5.85. The largest absolute Gasteiger partial charge is 0.421 e. The van der Waals surface area contributed by atoms with E-state index in [1.54, 1.807) is 0 Å². The summed E-state index contributed by atoms with van der Waals surface area (Å²) >= 11 is 0. The summed E-state index contributed by atoms with van der Waals surface area (Å²) in [4.78, 5) is 11.8. The van der Waals surface area contributed by atoms with Crippen molar-refractivity contribution in [3.63, 3.8) is 0 Å². The zero-order valence-corrected chi connectivity index (χ0v) is 22.0. The fourth-order valence-corrected chi connectivity index (χ4v) is 5.45. The smallest absolute Gasteiger partial charge is 0.334 e. The van der Waals surface area contributed by atoms with Gasteiger partial charge in [-0.15, -0.1) is 0 Å². The van der Waals surface area contributed by atoms with Gasteiger partial charge in [0.25, 0.3) is 0 Å². The van der Waals surface area contributed by atoms with Crippen molar-refractivity contribution in [3.8, 4) is 0 Å². The van der Waals surface area contributed by atoms with Gasteiger partial charge in [-0.3, -0.25) is 0 Å². The molecular formula is C28H34N2O4S. The van der Waals surface area contributed by atoms with E-state index in [1.807, 2.05) is 120 Å². The minimum absolute atomic E-state index is 0.422. The Labute approximate surface area is 209 Å². The number of amides is 1. The Hall–Kier alpha value is -3.32. The van der Waals surface area contributed by atoms with E-state index in [0.29, 0.717) is 5.69 Å². The van der Waals surface area contributed by atoms with Gasteiger partial charge in [0.05, 0.1) is 11.7 Å². The van der Waals surface area contributed by atoms with Crippen LogP contribution in [0.25, 0.3) is 0 Å². The van der Waals surface area contributed by atoms with Gasteiger partial charge in [-0.1, -0.05) is 120 Å². The third-order valence-electron chi connectivity index (χ3n) is 5.77. The first-order chi connectivity index (χ1) is 16.2. The number of carbonyl (C=O) groups is 1. The number of rotatable bonds is 6. The lowest BCUT2D eigenvalue weighted by Crippen LogP contribution is -2.41. The van der Waals surface area contributed by atoms with E-state index < -0.39 is 33.3 Å². The number of nitrogens with two attached hydrogens (primary N) is 1. The summed E-state index contributed by atoms with van der Waals surface area (Å²) in [6.45, 7) is 12.2. The van der Waals surface area contributed by atoms with Gasteiger partial charge in [0, 0.05) is 0 Å². The molecule has 2 N–H and O–H groups in total. The van der Waals surface area contributed by atoms with Crippen LogP contribution in [0.2, 0.25) is 0 Å². The summed E-state index contributed by atoms with van der Waals surface area (Å²) in [5, 5.41) is 0. The van der Waals surface area contributed by atoms with E-state index in [2.05, 4.69) is 0 Å². The monoisotopic (exact) mass is 494 g/mol. The van der Waals surface area contributed by atoms with E-state index in [9.17, 15) is 13.2 Å². The molecule has 0 radical (unpaired) electrons. The van der Waals surface area contributed by atoms with Gasteiger partial charge < -0.3 is 9.92 Å². The molecule has 35 heavy (non-hydrogen) atoms. The maximum absolute atomic E-state index is 13.9. The minimum Gasteiger partial charge on any atom is -0.334 e. The summed E-state index contributed by atoms with van der Waals surface area (Å²) in [5.74, 6) is 0. The molecule has 0 saturated carbocycles. The van der Waals surface area contributed by atoms with Crippen LogP contribution >= 0.6 is 0 Å². The van der Waals surface area contributed by atoms with Crippen LogP contribution in [0.4, 0.5) is 10.5 Å². The summed E-state index contributed by atoms with van der Waals surface area (Å²) in [5.41, 5.74) is 7.94. The average Bonchev–Trinajstić information content (AvgIpc) is 2.76. The Kier molecular flexibility index (Phi) is 7.31. The molecule has 0 heterocycles. The summed E-state index contributed by atoms with van der Waals surface area (Å²) < 4.78 is 33.9. The van der Waals surface area contributed by atoms with Crippen molar-refractivity contribution in [2.45, 2.75) is 58.4 Å². The number of primary amides is 1. The first-order valence-corrected chi connectivity index (χ1v) is 12.9. The predicted molar refractivity (Wildman–Crippen MR) is 141 cm³/mol. The Morgan fingerprint density at radius 1 is 0.743 bits per heavy atom. The van der Waals surface area contributed by atoms with Gasteiger partial charge in [-0.25, -0.2) is 9.10 Å². The third-order valence-corrected chi connectivity index (χ3v) is 7.02. The first kappa shape index (κ1) is 26.3. The van der Waals surface area contributed by atoms with Crippen molar-refractivity contribution < 1.29 is 17.4 Å². The fraction of sp³-hybridized carbons (Fsp3) is 0.321. The lowest BCUT2D eigenvalue weighted by molar-refractivity contribution is 0.212. The van der Waals surface area contributed by atoms with E-state index in [-0.39, 0.29) is 0 Å². The van der Waals surface area contributed by atoms with E-state index in [4.69, 9.17) is 9.92 Å². The molecule has 1 amide bonds. The molecule has 186 valence electrons. The Bertz CT molecular complexity index is 1200. The molecule has 0 saturated heterocycles. The summed E-state index contributed by atoms with van der Waals surface area (Å²) in [7, 11) is -4.68. The van der Waals surface area contributed by atoms with Gasteiger partial charge in [-0.05, 0) is 33.1 Å². The topological polar surface area (TPSA) is 89.7 Å². The highest BCUT2D eigenvalue weighted by atomic mass is 32.2. The standard InChI is InChI=1S/C28H34N2O4S/c1-27(2,3)22-18-13-19-23(28(4,5)6)25(22)30(35(32,33)34-26(29)31)24(20-14-9-7-10-15-20)21-16-11-8-12-17-21/h7-19,24H,1-6H3,(H2,29,31). The molecule has 0 aliphatic rings. The summed E-state index contributed by atoms with van der Waals surface area (Å²) in [6.07, 6.45) is -1.39. The summed E-state index contributed by atoms with van der Waals surface area (Å²) in [6, 6.07) is 23.6.